The number of carbonyl (C=O) groups is 2. The van der Waals surface area contributed by atoms with Gasteiger partial charge in [0, 0.05) is 81.5 Å². The highest BCUT2D eigenvalue weighted by atomic mass is 32.2. The van der Waals surface area contributed by atoms with Gasteiger partial charge in [-0.3, -0.25) is 19.3 Å². The van der Waals surface area contributed by atoms with Crippen LogP contribution >= 0.6 is 11.3 Å². The number of aliphatic hydroxyl groups is 1. The van der Waals surface area contributed by atoms with Gasteiger partial charge in [0.15, 0.2) is 0 Å². The molecular weight excluding hydrogens is 672 g/mol. The molecule has 2 saturated heterocycles. The van der Waals surface area contributed by atoms with Crippen LogP contribution in [0.15, 0.2) is 29.9 Å². The molecule has 3 aliphatic rings. The predicted molar refractivity (Wildman–Crippen MR) is 171 cm³/mol. The first-order chi connectivity index (χ1) is 22.8. The molecule has 5 heterocycles. The first-order valence-corrected chi connectivity index (χ1v) is 18.6. The van der Waals surface area contributed by atoms with Gasteiger partial charge in [-0.05, 0) is 37.0 Å². The zero-order chi connectivity index (χ0) is 34.2. The van der Waals surface area contributed by atoms with Crippen molar-refractivity contribution >= 4 is 33.2 Å². The van der Waals surface area contributed by atoms with E-state index in [4.69, 9.17) is 5.10 Å². The number of nitrogens with one attached hydrogen (secondary N) is 1. The Hall–Kier alpha value is -3.38. The van der Waals surface area contributed by atoms with Crippen molar-refractivity contribution < 1.29 is 36.3 Å². The number of aromatic nitrogens is 3. The molecule has 2 N–H and O–H groups in total. The van der Waals surface area contributed by atoms with Crippen molar-refractivity contribution in [2.24, 2.45) is 0 Å². The van der Waals surface area contributed by atoms with Gasteiger partial charge in [-0.2, -0.15) is 22.6 Å². The maximum absolute atomic E-state index is 14.0. The van der Waals surface area contributed by atoms with Gasteiger partial charge in [-0.25, -0.2) is 8.42 Å². The summed E-state index contributed by atoms with van der Waals surface area (Å²) in [6.45, 7) is 2.57. The molecule has 1 unspecified atom stereocenters. The average molecular weight is 710 g/mol. The Balaban J connectivity index is 1.24. The molecule has 1 atom stereocenters. The molecule has 1 aromatic carbocycles. The normalized spacial score (nSPS) is 19.1. The summed E-state index contributed by atoms with van der Waals surface area (Å²) in [5.41, 5.74) is 2.32. The maximum Gasteiger partial charge on any atom is 0.416 e. The minimum atomic E-state index is -4.68. The van der Waals surface area contributed by atoms with Gasteiger partial charge in [0.1, 0.15) is 4.88 Å². The Bertz CT molecular complexity index is 1760. The number of hydrogen-bond acceptors (Lipinski definition) is 9. The second kappa shape index (κ2) is 13.9. The molecule has 260 valence electrons. The van der Waals surface area contributed by atoms with Crippen molar-refractivity contribution in [3.63, 3.8) is 0 Å². The van der Waals surface area contributed by atoms with E-state index in [0.717, 1.165) is 68.2 Å². The molecule has 6 rings (SSSR count). The molecule has 0 saturated carbocycles. The lowest BCUT2D eigenvalue weighted by molar-refractivity contribution is -0.138. The number of thiazole rings is 1. The largest absolute Gasteiger partial charge is 0.416 e. The maximum atomic E-state index is 14.0. The molecule has 2 amide bonds. The van der Waals surface area contributed by atoms with E-state index < -0.39 is 40.3 Å². The molecule has 3 aromatic rings. The smallest absolute Gasteiger partial charge is 0.390 e. The van der Waals surface area contributed by atoms with Crippen LogP contribution in [0.2, 0.25) is 0 Å². The van der Waals surface area contributed by atoms with Crippen LogP contribution in [-0.4, -0.2) is 105 Å². The molecular formula is C31H38F3N7O5S2. The number of amides is 2. The number of nitrogens with zero attached hydrogens (tertiary/aromatic N) is 6. The number of sulfonamides is 1. The first kappa shape index (κ1) is 34.5. The first-order valence-electron chi connectivity index (χ1n) is 15.9. The molecule has 0 bridgehead atoms. The van der Waals surface area contributed by atoms with E-state index in [9.17, 15) is 36.3 Å². The van der Waals surface area contributed by atoms with Crippen molar-refractivity contribution in [1.82, 2.24) is 34.2 Å². The number of halogens is 3. The van der Waals surface area contributed by atoms with Crippen LogP contribution in [0, 0.1) is 0 Å². The molecule has 0 spiro atoms. The van der Waals surface area contributed by atoms with E-state index in [1.54, 1.807) is 4.68 Å². The molecule has 2 aromatic heterocycles. The minimum absolute atomic E-state index is 0.0131. The molecule has 3 aliphatic heterocycles. The fourth-order valence-corrected chi connectivity index (χ4v) is 8.23. The van der Waals surface area contributed by atoms with Gasteiger partial charge in [0.2, 0.25) is 15.9 Å². The van der Waals surface area contributed by atoms with Crippen LogP contribution in [0.3, 0.4) is 0 Å². The SMILES string of the molecule is CS(=O)(=O)N1CCc2c(c(-c3ccc(C(F)(F)F)c(CNC(=O)c4cncs4)c3)nn2CC(O)CN2CCC(N3CCCC3=O)CC2)C1. The standard InChI is InChI=1S/C31H38F3N7O5S2/c1-48(45,46)39-12-8-26-24(18-39)29(20-4-5-25(31(32,33)34)21(13-20)14-36-30(44)27-15-35-19-47-27)37-41(26)17-23(42)16-38-10-6-22(7-11-38)40-9-2-3-28(40)43/h4-5,13,15,19,22-23,42H,2-3,6-12,14,16-18H2,1H3,(H,36,44). The van der Waals surface area contributed by atoms with Gasteiger partial charge in [-0.15, -0.1) is 11.3 Å². The van der Waals surface area contributed by atoms with E-state index in [-0.39, 0.29) is 42.0 Å². The van der Waals surface area contributed by atoms with E-state index in [1.165, 1.54) is 28.1 Å². The summed E-state index contributed by atoms with van der Waals surface area (Å²) in [7, 11) is -3.57. The second-order valence-electron chi connectivity index (χ2n) is 12.6. The van der Waals surface area contributed by atoms with Crippen LogP contribution < -0.4 is 5.32 Å². The molecule has 0 radical (unpaired) electrons. The number of likely N-dealkylation sites (tertiary alicyclic amines) is 2. The van der Waals surface area contributed by atoms with Crippen LogP contribution in [0.4, 0.5) is 13.2 Å². The highest BCUT2D eigenvalue weighted by Crippen LogP contribution is 2.37. The van der Waals surface area contributed by atoms with Gasteiger partial charge in [0.05, 0.1) is 41.9 Å². The summed E-state index contributed by atoms with van der Waals surface area (Å²) in [6.07, 6.45) is 0.433. The number of fused-ring (bicyclic) bond motifs is 1. The zero-order valence-electron chi connectivity index (χ0n) is 26.4. The topological polar surface area (TPSA) is 141 Å². The van der Waals surface area contributed by atoms with Gasteiger partial charge in [-0.1, -0.05) is 6.07 Å². The van der Waals surface area contributed by atoms with Crippen LogP contribution in [-0.2, 0) is 47.0 Å². The zero-order valence-corrected chi connectivity index (χ0v) is 28.1. The number of piperidine rings is 1. The third kappa shape index (κ3) is 7.59. The van der Waals surface area contributed by atoms with E-state index in [1.807, 2.05) is 4.90 Å². The lowest BCUT2D eigenvalue weighted by atomic mass is 9.97. The fraction of sp³-hybridized carbons (Fsp3) is 0.548. The Labute approximate surface area is 280 Å². The Morgan fingerprint density at radius 1 is 1.15 bits per heavy atom. The number of alkyl halides is 3. The molecule has 0 aliphatic carbocycles. The average Bonchev–Trinajstić information content (AvgIpc) is 3.80. The highest BCUT2D eigenvalue weighted by Gasteiger charge is 2.36. The monoisotopic (exact) mass is 709 g/mol. The van der Waals surface area contributed by atoms with Gasteiger partial charge < -0.3 is 20.2 Å². The number of rotatable bonds is 10. The Kier molecular flexibility index (Phi) is 9.95. The third-order valence-corrected chi connectivity index (χ3v) is 11.3. The van der Waals surface area contributed by atoms with Crippen molar-refractivity contribution in [3.05, 3.63) is 57.2 Å². The summed E-state index contributed by atoms with van der Waals surface area (Å²) in [5, 5.41) is 18.4. The summed E-state index contributed by atoms with van der Waals surface area (Å²) in [5.74, 6) is -0.341. The van der Waals surface area contributed by atoms with Crippen LogP contribution in [0.5, 0.6) is 0 Å². The second-order valence-corrected chi connectivity index (χ2v) is 15.5. The lowest BCUT2D eigenvalue weighted by Gasteiger charge is -2.37. The summed E-state index contributed by atoms with van der Waals surface area (Å²) in [6, 6.07) is 3.80. The van der Waals surface area contributed by atoms with Crippen molar-refractivity contribution in [1.29, 1.82) is 0 Å². The van der Waals surface area contributed by atoms with Gasteiger partial charge in [0.25, 0.3) is 5.91 Å². The Morgan fingerprint density at radius 2 is 1.92 bits per heavy atom. The summed E-state index contributed by atoms with van der Waals surface area (Å²) >= 11 is 1.07. The van der Waals surface area contributed by atoms with Crippen molar-refractivity contribution in [3.8, 4) is 11.3 Å². The van der Waals surface area contributed by atoms with Crippen LogP contribution in [0.1, 0.15) is 57.7 Å². The number of carbonyl (C=O) groups excluding carboxylic acids is 2. The van der Waals surface area contributed by atoms with Crippen molar-refractivity contribution in [2.45, 2.75) is 70.1 Å². The fourth-order valence-electron chi connectivity index (χ4n) is 6.91. The van der Waals surface area contributed by atoms with Crippen LogP contribution in [0.25, 0.3) is 11.3 Å². The lowest BCUT2D eigenvalue weighted by Crippen LogP contribution is -2.47. The number of β-amino-alcohol motifs (C(OH)–C–C–N with tert-alkyl or cyclic N) is 1. The number of hydrogen-bond donors (Lipinski definition) is 2. The Morgan fingerprint density at radius 3 is 2.56 bits per heavy atom. The molecule has 48 heavy (non-hydrogen) atoms. The predicted octanol–water partition coefficient (Wildman–Crippen LogP) is 2.72. The summed E-state index contributed by atoms with van der Waals surface area (Å²) in [4.78, 5) is 32.9. The quantitative estimate of drug-likeness (QED) is 0.328. The third-order valence-electron chi connectivity index (χ3n) is 9.31. The minimum Gasteiger partial charge on any atom is -0.390 e. The van der Waals surface area contributed by atoms with Gasteiger partial charge >= 0.3 is 6.18 Å². The highest BCUT2D eigenvalue weighted by molar-refractivity contribution is 7.88. The summed E-state index contributed by atoms with van der Waals surface area (Å²) < 4.78 is 70.0. The molecule has 12 nitrogen and oxygen atoms in total. The van der Waals surface area contributed by atoms with E-state index in [2.05, 4.69) is 15.2 Å². The molecule has 17 heteroatoms. The molecule has 2 fully saturated rings. The van der Waals surface area contributed by atoms with Crippen molar-refractivity contribution in [2.75, 3.05) is 39.0 Å². The number of benzene rings is 1. The van der Waals surface area contributed by atoms with E-state index >= 15 is 0 Å². The van der Waals surface area contributed by atoms with E-state index in [0.29, 0.717) is 36.2 Å². The number of aliphatic hydroxyl groups excluding tert-OH is 1.